The number of benzodiazepines with no additional fused rings is 1. The van der Waals surface area contributed by atoms with Crippen molar-refractivity contribution in [3.8, 4) is 0 Å². The van der Waals surface area contributed by atoms with Crippen LogP contribution in [0.15, 0.2) is 41.4 Å². The maximum absolute atomic E-state index is 12.0. The largest absolute Gasteiger partial charge is 0.321 e. The number of rotatable bonds is 1. The molecule has 2 aromatic carbocycles. The second kappa shape index (κ2) is 5.55. The first kappa shape index (κ1) is 14.8. The Kier molecular flexibility index (Phi) is 3.72. The number of nitrogens with zero attached hydrogens (tertiary/aromatic N) is 1. The number of aryl methyl sites for hydroxylation is 2. The lowest BCUT2D eigenvalue weighted by atomic mass is 9.97. The van der Waals surface area contributed by atoms with Crippen LogP contribution in [0.5, 0.6) is 0 Å². The van der Waals surface area contributed by atoms with E-state index in [1.54, 1.807) is 6.07 Å². The fourth-order valence-electron chi connectivity index (χ4n) is 2.65. The minimum Gasteiger partial charge on any atom is -0.321 e. The zero-order valence-corrected chi connectivity index (χ0v) is 13.1. The van der Waals surface area contributed by atoms with Gasteiger partial charge < -0.3 is 11.1 Å². The maximum Gasteiger partial charge on any atom is 0.263 e. The fourth-order valence-corrected chi connectivity index (χ4v) is 2.88. The van der Waals surface area contributed by atoms with Gasteiger partial charge in [-0.2, -0.15) is 0 Å². The molecule has 5 heteroatoms. The molecular formula is C17H16ClN3O. The van der Waals surface area contributed by atoms with Gasteiger partial charge in [-0.15, -0.1) is 0 Å². The highest BCUT2D eigenvalue weighted by molar-refractivity contribution is 6.35. The molecule has 3 rings (SSSR count). The Hall–Kier alpha value is -2.17. The van der Waals surface area contributed by atoms with Crippen molar-refractivity contribution in [1.82, 2.24) is 0 Å². The first-order valence-corrected chi connectivity index (χ1v) is 7.35. The van der Waals surface area contributed by atoms with E-state index in [1.807, 2.05) is 38.1 Å². The number of hydrogen-bond donors (Lipinski definition) is 2. The molecule has 1 unspecified atom stereocenters. The van der Waals surface area contributed by atoms with Gasteiger partial charge in [-0.05, 0) is 32.0 Å². The SMILES string of the molecule is Cc1cc(C)cc(C2=NC(N)C(=O)Nc3c(Cl)cccc32)c1. The number of aliphatic imine (C=N–C) groups is 1. The van der Waals surface area contributed by atoms with Crippen molar-refractivity contribution in [2.24, 2.45) is 10.7 Å². The quantitative estimate of drug-likeness (QED) is 0.849. The van der Waals surface area contributed by atoms with Crippen LogP contribution in [0.3, 0.4) is 0 Å². The highest BCUT2D eigenvalue weighted by atomic mass is 35.5. The summed E-state index contributed by atoms with van der Waals surface area (Å²) in [6.07, 6.45) is -0.959. The van der Waals surface area contributed by atoms with Crippen LogP contribution in [0, 0.1) is 13.8 Å². The van der Waals surface area contributed by atoms with Gasteiger partial charge in [0.15, 0.2) is 6.17 Å². The van der Waals surface area contributed by atoms with Gasteiger partial charge in [-0.3, -0.25) is 9.79 Å². The predicted octanol–water partition coefficient (Wildman–Crippen LogP) is 3.03. The number of para-hydroxylation sites is 1. The molecule has 1 aliphatic rings. The number of halogens is 1. The first-order chi connectivity index (χ1) is 10.5. The van der Waals surface area contributed by atoms with E-state index in [2.05, 4.69) is 16.4 Å². The molecule has 1 heterocycles. The minimum absolute atomic E-state index is 0.367. The zero-order valence-electron chi connectivity index (χ0n) is 12.4. The molecule has 3 N–H and O–H groups in total. The van der Waals surface area contributed by atoms with Crippen LogP contribution in [0.25, 0.3) is 0 Å². The van der Waals surface area contributed by atoms with E-state index in [-0.39, 0.29) is 5.91 Å². The number of amides is 1. The van der Waals surface area contributed by atoms with Crippen LogP contribution < -0.4 is 11.1 Å². The fraction of sp³-hybridized carbons (Fsp3) is 0.176. The van der Waals surface area contributed by atoms with Crippen LogP contribution in [0.2, 0.25) is 5.02 Å². The Morgan fingerprint density at radius 2 is 1.86 bits per heavy atom. The summed E-state index contributed by atoms with van der Waals surface area (Å²) < 4.78 is 0. The monoisotopic (exact) mass is 313 g/mol. The number of carbonyl (C=O) groups excluding carboxylic acids is 1. The summed E-state index contributed by atoms with van der Waals surface area (Å²) in [5.41, 5.74) is 11.0. The third-order valence-electron chi connectivity index (χ3n) is 3.55. The van der Waals surface area contributed by atoms with Crippen molar-refractivity contribution < 1.29 is 4.79 Å². The molecule has 1 amide bonds. The molecule has 0 fully saturated rings. The molecule has 112 valence electrons. The lowest BCUT2D eigenvalue weighted by Crippen LogP contribution is -2.33. The van der Waals surface area contributed by atoms with Gasteiger partial charge in [0.05, 0.1) is 16.4 Å². The Morgan fingerprint density at radius 1 is 1.18 bits per heavy atom. The van der Waals surface area contributed by atoms with E-state index in [9.17, 15) is 4.79 Å². The van der Waals surface area contributed by atoms with E-state index >= 15 is 0 Å². The molecule has 4 nitrogen and oxygen atoms in total. The normalized spacial score (nSPS) is 17.4. The lowest BCUT2D eigenvalue weighted by Gasteiger charge is -2.12. The van der Waals surface area contributed by atoms with Gasteiger partial charge in [0.25, 0.3) is 5.91 Å². The summed E-state index contributed by atoms with van der Waals surface area (Å²) in [5.74, 6) is -0.367. The average molecular weight is 314 g/mol. The molecular weight excluding hydrogens is 298 g/mol. The third kappa shape index (κ3) is 2.63. The van der Waals surface area contributed by atoms with Crippen molar-refractivity contribution in [1.29, 1.82) is 0 Å². The van der Waals surface area contributed by atoms with Crippen LogP contribution in [-0.2, 0) is 4.79 Å². The number of hydrogen-bond acceptors (Lipinski definition) is 3. The molecule has 1 atom stereocenters. The number of anilines is 1. The van der Waals surface area contributed by atoms with Gasteiger partial charge in [-0.25, -0.2) is 0 Å². The van der Waals surface area contributed by atoms with Crippen LogP contribution >= 0.6 is 11.6 Å². The minimum atomic E-state index is -0.959. The highest BCUT2D eigenvalue weighted by Crippen LogP contribution is 2.30. The summed E-state index contributed by atoms with van der Waals surface area (Å²) in [5, 5.41) is 3.23. The molecule has 22 heavy (non-hydrogen) atoms. The van der Waals surface area contributed by atoms with Crippen molar-refractivity contribution in [2.45, 2.75) is 20.0 Å². The second-order valence-electron chi connectivity index (χ2n) is 5.45. The molecule has 0 saturated heterocycles. The standard InChI is InChI=1S/C17H16ClN3O/c1-9-6-10(2)8-11(7-9)14-12-4-3-5-13(18)15(12)21-17(22)16(19)20-14/h3-8,16H,19H2,1-2H3,(H,21,22). The summed E-state index contributed by atoms with van der Waals surface area (Å²) in [6, 6.07) is 11.6. The molecule has 0 aliphatic carbocycles. The van der Waals surface area contributed by atoms with E-state index in [1.165, 1.54) is 0 Å². The number of fused-ring (bicyclic) bond motifs is 1. The van der Waals surface area contributed by atoms with Crippen molar-refractivity contribution in [3.63, 3.8) is 0 Å². The topological polar surface area (TPSA) is 67.5 Å². The van der Waals surface area contributed by atoms with Gasteiger partial charge in [-0.1, -0.05) is 40.9 Å². The number of nitrogens with one attached hydrogen (secondary N) is 1. The summed E-state index contributed by atoms with van der Waals surface area (Å²) in [6.45, 7) is 4.05. The molecule has 2 aromatic rings. The van der Waals surface area contributed by atoms with Gasteiger partial charge in [0.2, 0.25) is 0 Å². The van der Waals surface area contributed by atoms with E-state index in [0.717, 1.165) is 22.3 Å². The van der Waals surface area contributed by atoms with Crippen molar-refractivity contribution in [2.75, 3.05) is 5.32 Å². The Balaban J connectivity index is 2.27. The van der Waals surface area contributed by atoms with Crippen LogP contribution in [-0.4, -0.2) is 17.8 Å². The molecule has 0 bridgehead atoms. The van der Waals surface area contributed by atoms with Crippen LogP contribution in [0.1, 0.15) is 22.3 Å². The molecule has 1 aliphatic heterocycles. The average Bonchev–Trinajstić information content (AvgIpc) is 2.57. The number of benzene rings is 2. The predicted molar refractivity (Wildman–Crippen MR) is 89.6 cm³/mol. The maximum atomic E-state index is 12.0. The number of carbonyl (C=O) groups is 1. The van der Waals surface area contributed by atoms with E-state index in [4.69, 9.17) is 17.3 Å². The third-order valence-corrected chi connectivity index (χ3v) is 3.86. The zero-order chi connectivity index (χ0) is 15.9. The van der Waals surface area contributed by atoms with E-state index < -0.39 is 6.17 Å². The Morgan fingerprint density at radius 3 is 2.55 bits per heavy atom. The molecule has 0 spiro atoms. The van der Waals surface area contributed by atoms with E-state index in [0.29, 0.717) is 16.4 Å². The van der Waals surface area contributed by atoms with Gasteiger partial charge >= 0.3 is 0 Å². The first-order valence-electron chi connectivity index (χ1n) is 6.97. The summed E-state index contributed by atoms with van der Waals surface area (Å²) >= 11 is 6.23. The smallest absolute Gasteiger partial charge is 0.263 e. The highest BCUT2D eigenvalue weighted by Gasteiger charge is 2.24. The van der Waals surface area contributed by atoms with Gasteiger partial charge in [0, 0.05) is 11.1 Å². The summed E-state index contributed by atoms with van der Waals surface area (Å²) in [7, 11) is 0. The van der Waals surface area contributed by atoms with Crippen molar-refractivity contribution in [3.05, 3.63) is 63.7 Å². The Bertz CT molecular complexity index is 778. The van der Waals surface area contributed by atoms with Gasteiger partial charge in [0.1, 0.15) is 0 Å². The second-order valence-corrected chi connectivity index (χ2v) is 5.86. The molecule has 0 aromatic heterocycles. The Labute approximate surface area is 134 Å². The lowest BCUT2D eigenvalue weighted by molar-refractivity contribution is -0.117. The van der Waals surface area contributed by atoms with Crippen molar-refractivity contribution >= 4 is 28.9 Å². The number of nitrogens with two attached hydrogens (primary N) is 1. The van der Waals surface area contributed by atoms with Crippen LogP contribution in [0.4, 0.5) is 5.69 Å². The summed E-state index contributed by atoms with van der Waals surface area (Å²) in [4.78, 5) is 16.5. The molecule has 0 saturated carbocycles. The molecule has 0 radical (unpaired) electrons.